The molecule has 2 aliphatic rings. The summed E-state index contributed by atoms with van der Waals surface area (Å²) in [5.41, 5.74) is 1.42. The summed E-state index contributed by atoms with van der Waals surface area (Å²) in [5.74, 6) is 1.43. The van der Waals surface area contributed by atoms with Crippen LogP contribution >= 0.6 is 11.6 Å². The average molecular weight is 280 g/mol. The lowest BCUT2D eigenvalue weighted by molar-refractivity contribution is 0.169. The maximum Gasteiger partial charge on any atom is 0.235 e. The van der Waals surface area contributed by atoms with Crippen molar-refractivity contribution in [3.05, 3.63) is 22.2 Å². The second kappa shape index (κ2) is 4.55. The Kier molecular flexibility index (Phi) is 3.00. The molecular weight excluding hydrogens is 266 g/mol. The zero-order chi connectivity index (χ0) is 13.5. The molecule has 0 atom stereocenters. The summed E-state index contributed by atoms with van der Waals surface area (Å²) >= 11 is 6.38. The number of hydrogen-bond donors (Lipinski definition) is 0. The Labute approximate surface area is 116 Å². The molecule has 0 radical (unpaired) electrons. The topological polar surface area (TPSA) is 47.9 Å². The molecule has 1 fully saturated rings. The molecule has 5 heteroatoms. The molecule has 1 saturated carbocycles. The van der Waals surface area contributed by atoms with Gasteiger partial charge in [-0.1, -0.05) is 18.5 Å². The molecule has 4 nitrogen and oxygen atoms in total. The average Bonchev–Trinajstić information content (AvgIpc) is 3.18. The Balaban J connectivity index is 2.21. The van der Waals surface area contributed by atoms with Crippen LogP contribution in [0.15, 0.2) is 11.1 Å². The molecule has 0 unspecified atom stereocenters. The van der Waals surface area contributed by atoms with Gasteiger partial charge in [-0.05, 0) is 19.3 Å². The molecule has 1 aromatic rings. The third-order valence-corrected chi connectivity index (χ3v) is 3.98. The summed E-state index contributed by atoms with van der Waals surface area (Å²) in [6, 6.07) is 1.77. The number of nitrogens with zero attached hydrogens (tertiary/aromatic N) is 1. The van der Waals surface area contributed by atoms with Crippen LogP contribution in [0.3, 0.4) is 0 Å². The van der Waals surface area contributed by atoms with Gasteiger partial charge in [-0.3, -0.25) is 0 Å². The van der Waals surface area contributed by atoms with Crippen molar-refractivity contribution in [1.29, 1.82) is 0 Å². The van der Waals surface area contributed by atoms with Gasteiger partial charge < -0.3 is 9.47 Å². The summed E-state index contributed by atoms with van der Waals surface area (Å²) in [6.07, 6.45) is 4.09. The normalized spacial score (nSPS) is 18.6. The van der Waals surface area contributed by atoms with Crippen molar-refractivity contribution in [3.63, 3.8) is 0 Å². The van der Waals surface area contributed by atoms with E-state index in [-0.39, 0.29) is 0 Å². The smallest absolute Gasteiger partial charge is 0.235 e. The van der Waals surface area contributed by atoms with Gasteiger partial charge >= 0.3 is 0 Å². The molecular formula is C14H14ClNO3. The Morgan fingerprint density at radius 3 is 2.79 bits per heavy atom. The number of carbonyl (C=O) groups excluding carboxylic acids is 1. The van der Waals surface area contributed by atoms with Crippen LogP contribution in [-0.2, 0) is 16.8 Å². The van der Waals surface area contributed by atoms with Crippen LogP contribution in [0, 0.1) is 0 Å². The van der Waals surface area contributed by atoms with Gasteiger partial charge in [0.05, 0.1) is 5.02 Å². The van der Waals surface area contributed by atoms with E-state index in [1.54, 1.807) is 12.1 Å². The number of ether oxygens (including phenoxy) is 2. The van der Waals surface area contributed by atoms with Crippen LogP contribution in [0.25, 0.3) is 0 Å². The highest BCUT2D eigenvalue weighted by molar-refractivity contribution is 6.32. The number of halogens is 1. The van der Waals surface area contributed by atoms with Crippen molar-refractivity contribution in [1.82, 2.24) is 0 Å². The van der Waals surface area contributed by atoms with E-state index >= 15 is 0 Å². The van der Waals surface area contributed by atoms with Crippen LogP contribution in [0.1, 0.15) is 30.9 Å². The van der Waals surface area contributed by atoms with Gasteiger partial charge in [0.15, 0.2) is 11.5 Å². The van der Waals surface area contributed by atoms with E-state index in [1.807, 2.05) is 6.92 Å². The van der Waals surface area contributed by atoms with Gasteiger partial charge in [-0.25, -0.2) is 4.79 Å². The maximum absolute atomic E-state index is 10.6. The lowest BCUT2D eigenvalue weighted by atomic mass is 9.95. The second-order valence-electron chi connectivity index (χ2n) is 4.82. The molecule has 0 spiro atoms. The van der Waals surface area contributed by atoms with Gasteiger partial charge in [-0.15, -0.1) is 0 Å². The predicted molar refractivity (Wildman–Crippen MR) is 70.9 cm³/mol. The van der Waals surface area contributed by atoms with E-state index in [0.717, 1.165) is 36.1 Å². The third kappa shape index (κ3) is 1.92. The fraction of sp³-hybridized carbons (Fsp3) is 0.500. The minimum absolute atomic E-state index is 0.486. The minimum atomic E-state index is -0.486. The number of hydrogen-bond acceptors (Lipinski definition) is 4. The largest absolute Gasteiger partial charge is 0.486 e. The molecule has 1 heterocycles. The third-order valence-electron chi connectivity index (χ3n) is 3.69. The zero-order valence-corrected chi connectivity index (χ0v) is 11.4. The van der Waals surface area contributed by atoms with E-state index in [4.69, 9.17) is 21.1 Å². The van der Waals surface area contributed by atoms with Crippen molar-refractivity contribution < 1.29 is 14.3 Å². The lowest BCUT2D eigenvalue weighted by Crippen LogP contribution is -2.19. The van der Waals surface area contributed by atoms with Crippen LogP contribution in [0.4, 0.5) is 0 Å². The van der Waals surface area contributed by atoms with Gasteiger partial charge in [0.1, 0.15) is 18.8 Å². The molecule has 19 heavy (non-hydrogen) atoms. The Bertz CT molecular complexity index is 575. The van der Waals surface area contributed by atoms with Crippen molar-refractivity contribution in [3.8, 4) is 11.5 Å². The number of rotatable bonds is 3. The number of aliphatic imine (C=N–C) groups is 1. The van der Waals surface area contributed by atoms with E-state index in [2.05, 4.69) is 4.99 Å². The zero-order valence-electron chi connectivity index (χ0n) is 10.7. The summed E-state index contributed by atoms with van der Waals surface area (Å²) in [6.45, 7) is 3.10. The summed E-state index contributed by atoms with van der Waals surface area (Å²) in [7, 11) is 0. The summed E-state index contributed by atoms with van der Waals surface area (Å²) < 4.78 is 11.3. The van der Waals surface area contributed by atoms with Crippen LogP contribution < -0.4 is 9.47 Å². The van der Waals surface area contributed by atoms with Crippen LogP contribution in [-0.4, -0.2) is 19.3 Å². The Morgan fingerprint density at radius 2 is 2.16 bits per heavy atom. The van der Waals surface area contributed by atoms with Gasteiger partial charge in [0.25, 0.3) is 0 Å². The molecule has 0 amide bonds. The lowest BCUT2D eigenvalue weighted by Gasteiger charge is -2.25. The Hall–Kier alpha value is -1.51. The summed E-state index contributed by atoms with van der Waals surface area (Å²) in [4.78, 5) is 14.6. The van der Waals surface area contributed by atoms with E-state index < -0.39 is 5.54 Å². The molecule has 0 aromatic heterocycles. The fourth-order valence-corrected chi connectivity index (χ4v) is 3.07. The minimum Gasteiger partial charge on any atom is -0.486 e. The molecule has 1 aliphatic carbocycles. The van der Waals surface area contributed by atoms with Crippen LogP contribution in [0.2, 0.25) is 5.02 Å². The molecule has 100 valence electrons. The summed E-state index contributed by atoms with van der Waals surface area (Å²) in [5, 5.41) is 0.595. The van der Waals surface area contributed by atoms with Crippen molar-refractivity contribution in [2.24, 2.45) is 4.99 Å². The van der Waals surface area contributed by atoms with Crippen LogP contribution in [0.5, 0.6) is 11.5 Å². The fourth-order valence-electron chi connectivity index (χ4n) is 2.68. The highest BCUT2D eigenvalue weighted by Crippen LogP contribution is 2.55. The first-order valence-corrected chi connectivity index (χ1v) is 6.80. The predicted octanol–water partition coefficient (Wildman–Crippen LogP) is 3.00. The van der Waals surface area contributed by atoms with Crippen molar-refractivity contribution in [2.45, 2.75) is 31.7 Å². The highest BCUT2D eigenvalue weighted by atomic mass is 35.5. The van der Waals surface area contributed by atoms with E-state index in [1.165, 1.54) is 0 Å². The Morgan fingerprint density at radius 1 is 1.42 bits per heavy atom. The molecule has 1 aliphatic heterocycles. The molecule has 0 N–H and O–H groups in total. The van der Waals surface area contributed by atoms with Crippen molar-refractivity contribution >= 4 is 17.7 Å². The van der Waals surface area contributed by atoms with Gasteiger partial charge in [0, 0.05) is 17.2 Å². The molecule has 3 rings (SSSR count). The first-order chi connectivity index (χ1) is 9.22. The van der Waals surface area contributed by atoms with E-state index in [0.29, 0.717) is 24.0 Å². The monoisotopic (exact) mass is 279 g/mol. The molecule has 0 bridgehead atoms. The van der Waals surface area contributed by atoms with Crippen molar-refractivity contribution in [2.75, 3.05) is 13.2 Å². The molecule has 0 saturated heterocycles. The number of fused-ring (bicyclic) bond motifs is 1. The SMILES string of the molecule is CCc1c2c(cc(Cl)c1C1(N=C=O)CC1)OCCO2. The first-order valence-electron chi connectivity index (χ1n) is 6.42. The van der Waals surface area contributed by atoms with Gasteiger partial charge in [0.2, 0.25) is 6.08 Å². The van der Waals surface area contributed by atoms with Gasteiger partial charge in [-0.2, -0.15) is 4.99 Å². The number of benzene rings is 1. The quantitative estimate of drug-likeness (QED) is 0.631. The number of isocyanates is 1. The first kappa shape index (κ1) is 12.5. The standard InChI is InChI=1S/C14H14ClNO3/c1-2-9-12(14(3-4-14)16-8-17)10(15)7-11-13(9)19-6-5-18-11/h7H,2-6H2,1H3. The van der Waals surface area contributed by atoms with E-state index in [9.17, 15) is 4.79 Å². The molecule has 1 aromatic carbocycles. The highest BCUT2D eigenvalue weighted by Gasteiger charge is 2.48. The maximum atomic E-state index is 10.6. The second-order valence-corrected chi connectivity index (χ2v) is 5.23.